The first kappa shape index (κ1) is 25.9. The summed E-state index contributed by atoms with van der Waals surface area (Å²) in [6.45, 7) is 7.76. The second-order valence-electron chi connectivity index (χ2n) is 10.9. The smallest absolute Gasteiger partial charge is 0.254 e. The molecule has 4 heterocycles. The largest absolute Gasteiger partial charge is 0.462 e. The Labute approximate surface area is 241 Å². The van der Waals surface area contributed by atoms with Crippen LogP contribution in [0.1, 0.15) is 69.1 Å². The number of halogens is 1. The molecule has 0 spiro atoms. The molecule has 8 nitrogen and oxygen atoms in total. The summed E-state index contributed by atoms with van der Waals surface area (Å²) < 4.78 is 35.8. The van der Waals surface area contributed by atoms with Crippen molar-refractivity contribution in [2.24, 2.45) is 11.8 Å². The molecule has 2 N–H and O–H groups in total. The SMILES string of the molecule is [2H]C([2H])(NC(=O)c1cc(Cl)cc2c1C(C)OC(C)(C1CCN(CC3CCOC3)CC1)O2)c1c(SC)cc(C)[nH]c1=O. The Hall–Kier alpha value is -2.04. The molecular formula is C29H38ClN3O5S. The quantitative estimate of drug-likeness (QED) is 0.451. The Kier molecular flexibility index (Phi) is 7.85. The molecule has 39 heavy (non-hydrogen) atoms. The topological polar surface area (TPSA) is 92.9 Å². The number of aryl methyl sites for hydroxylation is 1. The third kappa shape index (κ3) is 6.17. The summed E-state index contributed by atoms with van der Waals surface area (Å²) >= 11 is 7.70. The zero-order valence-electron chi connectivity index (χ0n) is 24.9. The van der Waals surface area contributed by atoms with Gasteiger partial charge in [-0.05, 0) is 76.6 Å². The molecule has 0 saturated carbocycles. The number of fused-ring (bicyclic) bond motifs is 1. The Morgan fingerprint density at radius 3 is 2.77 bits per heavy atom. The van der Waals surface area contributed by atoms with E-state index in [0.29, 0.717) is 27.8 Å². The molecule has 212 valence electrons. The van der Waals surface area contributed by atoms with Crippen LogP contribution in [0.4, 0.5) is 0 Å². The Morgan fingerprint density at radius 2 is 2.08 bits per heavy atom. The van der Waals surface area contributed by atoms with Gasteiger partial charge in [-0.1, -0.05) is 11.6 Å². The number of piperidine rings is 1. The predicted molar refractivity (Wildman–Crippen MR) is 153 cm³/mol. The molecular weight excluding hydrogens is 538 g/mol. The summed E-state index contributed by atoms with van der Waals surface area (Å²) in [5.41, 5.74) is 0.510. The highest BCUT2D eigenvalue weighted by molar-refractivity contribution is 7.98. The van der Waals surface area contributed by atoms with Crippen molar-refractivity contribution in [3.63, 3.8) is 0 Å². The lowest BCUT2D eigenvalue weighted by Crippen LogP contribution is -2.51. The van der Waals surface area contributed by atoms with E-state index in [1.165, 1.54) is 17.8 Å². The number of carbonyl (C=O) groups is 1. The van der Waals surface area contributed by atoms with Gasteiger partial charge >= 0.3 is 0 Å². The lowest BCUT2D eigenvalue weighted by atomic mass is 9.87. The van der Waals surface area contributed by atoms with Crippen molar-refractivity contribution in [2.45, 2.75) is 63.3 Å². The number of amides is 1. The second kappa shape index (κ2) is 11.8. The first-order valence-corrected chi connectivity index (χ1v) is 15.1. The first-order chi connectivity index (χ1) is 19.4. The molecule has 3 aliphatic heterocycles. The van der Waals surface area contributed by atoms with Crippen LogP contribution in [0.3, 0.4) is 0 Å². The second-order valence-corrected chi connectivity index (χ2v) is 12.1. The van der Waals surface area contributed by atoms with Crippen LogP contribution < -0.4 is 15.6 Å². The number of benzene rings is 1. The van der Waals surface area contributed by atoms with E-state index in [2.05, 4.69) is 15.2 Å². The number of rotatable bonds is 7. The number of likely N-dealkylation sites (tertiary alicyclic amines) is 1. The van der Waals surface area contributed by atoms with E-state index >= 15 is 0 Å². The molecule has 0 radical (unpaired) electrons. The Bertz CT molecular complexity index is 1360. The minimum Gasteiger partial charge on any atom is -0.462 e. The maximum Gasteiger partial charge on any atom is 0.254 e. The monoisotopic (exact) mass is 577 g/mol. The van der Waals surface area contributed by atoms with E-state index in [0.717, 1.165) is 52.1 Å². The van der Waals surface area contributed by atoms with Crippen molar-refractivity contribution in [2.75, 3.05) is 39.1 Å². The van der Waals surface area contributed by atoms with Crippen LogP contribution in [0.25, 0.3) is 0 Å². The van der Waals surface area contributed by atoms with E-state index in [1.807, 2.05) is 13.8 Å². The van der Waals surface area contributed by atoms with Gasteiger partial charge in [-0.3, -0.25) is 9.59 Å². The van der Waals surface area contributed by atoms with Gasteiger partial charge in [-0.25, -0.2) is 0 Å². The Balaban J connectivity index is 1.35. The van der Waals surface area contributed by atoms with Crippen molar-refractivity contribution in [1.82, 2.24) is 15.2 Å². The molecule has 1 amide bonds. The third-order valence-electron chi connectivity index (χ3n) is 8.00. The normalized spacial score (nSPS) is 26.9. The number of nitrogens with one attached hydrogen (secondary N) is 2. The minimum atomic E-state index is -2.45. The number of hydrogen-bond acceptors (Lipinski definition) is 7. The fraction of sp³-hybridized carbons (Fsp3) is 0.586. The molecule has 0 aliphatic carbocycles. The minimum absolute atomic E-state index is 0.147. The molecule has 2 saturated heterocycles. The lowest BCUT2D eigenvalue weighted by Gasteiger charge is -2.46. The van der Waals surface area contributed by atoms with Gasteiger partial charge in [-0.2, -0.15) is 0 Å². The number of thioether (sulfide) groups is 1. The summed E-state index contributed by atoms with van der Waals surface area (Å²) in [5.74, 6) is -0.408. The summed E-state index contributed by atoms with van der Waals surface area (Å²) in [6.07, 6.45) is 4.21. The predicted octanol–water partition coefficient (Wildman–Crippen LogP) is 4.92. The van der Waals surface area contributed by atoms with Crippen molar-refractivity contribution < 1.29 is 21.7 Å². The molecule has 5 rings (SSSR count). The van der Waals surface area contributed by atoms with Gasteiger partial charge in [0.15, 0.2) is 0 Å². The fourth-order valence-corrected chi connectivity index (χ4v) is 6.82. The summed E-state index contributed by atoms with van der Waals surface area (Å²) in [6, 6.07) is 4.86. The van der Waals surface area contributed by atoms with Crippen molar-refractivity contribution in [1.29, 1.82) is 0 Å². The first-order valence-electron chi connectivity index (χ1n) is 14.5. The molecule has 3 aliphatic rings. The van der Waals surface area contributed by atoms with Crippen LogP contribution in [0, 0.1) is 18.8 Å². The van der Waals surface area contributed by atoms with Crippen LogP contribution >= 0.6 is 23.4 Å². The number of H-pyrrole nitrogens is 1. The molecule has 10 heteroatoms. The van der Waals surface area contributed by atoms with Crippen LogP contribution in [0.5, 0.6) is 5.75 Å². The number of hydrogen-bond donors (Lipinski definition) is 2. The molecule has 2 fully saturated rings. The highest BCUT2D eigenvalue weighted by Crippen LogP contribution is 2.46. The van der Waals surface area contributed by atoms with Crippen LogP contribution in [0.15, 0.2) is 27.9 Å². The molecule has 0 bridgehead atoms. The van der Waals surface area contributed by atoms with E-state index in [-0.39, 0.29) is 22.1 Å². The summed E-state index contributed by atoms with van der Waals surface area (Å²) in [7, 11) is 0. The lowest BCUT2D eigenvalue weighted by molar-refractivity contribution is -0.250. The van der Waals surface area contributed by atoms with Gasteiger partial charge in [0.1, 0.15) is 5.75 Å². The van der Waals surface area contributed by atoms with Gasteiger partial charge in [-0.15, -0.1) is 11.8 Å². The maximum absolute atomic E-state index is 13.6. The number of pyridine rings is 1. The van der Waals surface area contributed by atoms with E-state index in [1.54, 1.807) is 25.3 Å². The van der Waals surface area contributed by atoms with Crippen LogP contribution in [-0.4, -0.2) is 60.7 Å². The van der Waals surface area contributed by atoms with Crippen LogP contribution in [0.2, 0.25) is 5.02 Å². The van der Waals surface area contributed by atoms with Gasteiger partial charge in [0, 0.05) is 59.2 Å². The zero-order valence-corrected chi connectivity index (χ0v) is 24.5. The van der Waals surface area contributed by atoms with Gasteiger partial charge < -0.3 is 29.4 Å². The van der Waals surface area contributed by atoms with Gasteiger partial charge in [0.05, 0.1) is 21.0 Å². The van der Waals surface area contributed by atoms with E-state index in [4.69, 9.17) is 28.6 Å². The molecule has 1 aromatic carbocycles. The molecule has 2 aromatic rings. The number of aromatic amines is 1. The van der Waals surface area contributed by atoms with Crippen molar-refractivity contribution >= 4 is 29.3 Å². The van der Waals surface area contributed by atoms with Gasteiger partial charge in [0.2, 0.25) is 5.79 Å². The number of ether oxygens (including phenoxy) is 3. The molecule has 3 atom stereocenters. The average molecular weight is 578 g/mol. The van der Waals surface area contributed by atoms with Crippen molar-refractivity contribution in [3.8, 4) is 5.75 Å². The van der Waals surface area contributed by atoms with Crippen LogP contribution in [-0.2, 0) is 16.0 Å². The fourth-order valence-electron chi connectivity index (χ4n) is 5.97. The number of aromatic nitrogens is 1. The Morgan fingerprint density at radius 1 is 1.31 bits per heavy atom. The van der Waals surface area contributed by atoms with Crippen molar-refractivity contribution in [3.05, 3.63) is 56.0 Å². The highest BCUT2D eigenvalue weighted by Gasteiger charge is 2.45. The highest BCUT2D eigenvalue weighted by atomic mass is 35.5. The zero-order chi connectivity index (χ0) is 29.5. The standard InChI is InChI=1S/C29H38ClN3O5S/c1-17-11-25(39-4)23(28(35)32-17)14-31-27(34)22-12-21(30)13-24-26(22)18(2)37-29(3,38-24)20-5-8-33(9-6-20)15-19-7-10-36-16-19/h11-13,18-20H,5-10,14-16H2,1-4H3,(H,31,34)(H,32,35)/i14D2. The number of nitrogens with zero attached hydrogens (tertiary/aromatic N) is 1. The van der Waals surface area contributed by atoms with E-state index < -0.39 is 29.9 Å². The molecule has 1 aromatic heterocycles. The van der Waals surface area contributed by atoms with Gasteiger partial charge in [0.25, 0.3) is 11.5 Å². The number of carbonyl (C=O) groups excluding carboxylic acids is 1. The molecule has 3 unspecified atom stereocenters. The summed E-state index contributed by atoms with van der Waals surface area (Å²) in [4.78, 5) is 31.9. The summed E-state index contributed by atoms with van der Waals surface area (Å²) in [5, 5.41) is 2.71. The third-order valence-corrected chi connectivity index (χ3v) is 8.98. The maximum atomic E-state index is 13.6. The van der Waals surface area contributed by atoms with E-state index in [9.17, 15) is 9.59 Å². The average Bonchev–Trinajstić information content (AvgIpc) is 3.40.